The van der Waals surface area contributed by atoms with Crippen molar-refractivity contribution in [2.24, 2.45) is 11.7 Å². The molecule has 1 saturated carbocycles. The summed E-state index contributed by atoms with van der Waals surface area (Å²) in [6.45, 7) is 2.35. The third kappa shape index (κ3) is 3.18. The average Bonchev–Trinajstić information content (AvgIpc) is 2.18. The van der Waals surface area contributed by atoms with E-state index in [-0.39, 0.29) is 5.54 Å². The van der Waals surface area contributed by atoms with Gasteiger partial charge in [-0.3, -0.25) is 0 Å². The first-order valence-electron chi connectivity index (χ1n) is 6.65. The molecule has 2 rings (SSSR count). The zero-order valence-electron chi connectivity index (χ0n) is 10.2. The average molecular weight is 210 g/mol. The van der Waals surface area contributed by atoms with E-state index < -0.39 is 0 Å². The number of hydrogen-bond donors (Lipinski definition) is 1. The van der Waals surface area contributed by atoms with E-state index in [2.05, 4.69) is 11.9 Å². The lowest BCUT2D eigenvalue weighted by Gasteiger charge is -2.41. The highest BCUT2D eigenvalue weighted by Gasteiger charge is 2.32. The molecular formula is C13H26N2. The quantitative estimate of drug-likeness (QED) is 0.758. The minimum atomic E-state index is 0.134. The van der Waals surface area contributed by atoms with Crippen molar-refractivity contribution in [3.63, 3.8) is 0 Å². The normalized spacial score (nSPS) is 35.6. The van der Waals surface area contributed by atoms with Crippen molar-refractivity contribution in [3.8, 4) is 0 Å². The molecule has 0 bridgehead atoms. The van der Waals surface area contributed by atoms with Crippen LogP contribution >= 0.6 is 0 Å². The molecule has 1 heterocycles. The standard InChI is InChI=1S/C13H26N2/c1-15-9-5-8-13(14,11-15)10-12-6-3-2-4-7-12/h12H,2-11,14H2,1H3. The molecule has 0 aromatic heterocycles. The fourth-order valence-corrected chi connectivity index (χ4v) is 3.53. The summed E-state index contributed by atoms with van der Waals surface area (Å²) in [5.74, 6) is 0.926. The van der Waals surface area contributed by atoms with Crippen molar-refractivity contribution in [2.45, 2.75) is 56.9 Å². The number of nitrogens with zero attached hydrogens (tertiary/aromatic N) is 1. The van der Waals surface area contributed by atoms with Gasteiger partial charge < -0.3 is 10.6 Å². The SMILES string of the molecule is CN1CCCC(N)(CC2CCCCC2)C1. The van der Waals surface area contributed by atoms with Crippen molar-refractivity contribution in [3.05, 3.63) is 0 Å². The number of rotatable bonds is 2. The molecule has 1 aliphatic carbocycles. The van der Waals surface area contributed by atoms with Gasteiger partial charge in [0.15, 0.2) is 0 Å². The molecule has 2 aliphatic rings. The number of nitrogens with two attached hydrogens (primary N) is 1. The van der Waals surface area contributed by atoms with E-state index >= 15 is 0 Å². The molecule has 1 unspecified atom stereocenters. The first kappa shape index (κ1) is 11.4. The first-order chi connectivity index (χ1) is 7.18. The summed E-state index contributed by atoms with van der Waals surface area (Å²) < 4.78 is 0. The molecule has 1 atom stereocenters. The van der Waals surface area contributed by atoms with Gasteiger partial charge in [0, 0.05) is 12.1 Å². The van der Waals surface area contributed by atoms with Gasteiger partial charge in [-0.05, 0) is 38.8 Å². The van der Waals surface area contributed by atoms with Gasteiger partial charge in [0.1, 0.15) is 0 Å². The minimum Gasteiger partial charge on any atom is -0.324 e. The Morgan fingerprint density at radius 1 is 1.20 bits per heavy atom. The zero-order chi connectivity index (χ0) is 10.7. The van der Waals surface area contributed by atoms with Crippen LogP contribution in [0.15, 0.2) is 0 Å². The molecule has 2 nitrogen and oxygen atoms in total. The molecule has 2 fully saturated rings. The lowest BCUT2D eigenvalue weighted by Crippen LogP contribution is -2.54. The third-order valence-electron chi connectivity index (χ3n) is 4.22. The molecule has 0 amide bonds. The largest absolute Gasteiger partial charge is 0.324 e. The van der Waals surface area contributed by atoms with Crippen molar-refractivity contribution < 1.29 is 0 Å². The predicted octanol–water partition coefficient (Wildman–Crippen LogP) is 2.38. The number of likely N-dealkylation sites (N-methyl/N-ethyl adjacent to an activating group) is 1. The monoisotopic (exact) mass is 210 g/mol. The van der Waals surface area contributed by atoms with Gasteiger partial charge in [-0.1, -0.05) is 32.1 Å². The second kappa shape index (κ2) is 4.84. The number of likely N-dealkylation sites (tertiary alicyclic amines) is 1. The van der Waals surface area contributed by atoms with Crippen molar-refractivity contribution in [1.82, 2.24) is 4.90 Å². The van der Waals surface area contributed by atoms with E-state index in [4.69, 9.17) is 5.73 Å². The Morgan fingerprint density at radius 3 is 2.60 bits per heavy atom. The van der Waals surface area contributed by atoms with Crippen LogP contribution in [0.2, 0.25) is 0 Å². The van der Waals surface area contributed by atoms with Crippen LogP contribution < -0.4 is 5.73 Å². The van der Waals surface area contributed by atoms with Crippen molar-refractivity contribution >= 4 is 0 Å². The van der Waals surface area contributed by atoms with Crippen LogP contribution in [-0.4, -0.2) is 30.6 Å². The first-order valence-corrected chi connectivity index (χ1v) is 6.65. The smallest absolute Gasteiger partial charge is 0.0286 e. The second-order valence-electron chi connectivity index (χ2n) is 5.91. The number of piperidine rings is 1. The molecule has 1 saturated heterocycles. The Bertz CT molecular complexity index is 199. The van der Waals surface area contributed by atoms with Crippen molar-refractivity contribution in [2.75, 3.05) is 20.1 Å². The Hall–Kier alpha value is -0.0800. The second-order valence-corrected chi connectivity index (χ2v) is 5.91. The van der Waals surface area contributed by atoms with E-state index in [0.717, 1.165) is 12.5 Å². The van der Waals surface area contributed by atoms with Gasteiger partial charge in [0.05, 0.1) is 0 Å². The van der Waals surface area contributed by atoms with Crippen molar-refractivity contribution in [1.29, 1.82) is 0 Å². The van der Waals surface area contributed by atoms with Crippen LogP contribution in [0.3, 0.4) is 0 Å². The summed E-state index contributed by atoms with van der Waals surface area (Å²) in [7, 11) is 2.21. The highest BCUT2D eigenvalue weighted by molar-refractivity contribution is 4.92. The van der Waals surface area contributed by atoms with Crippen LogP contribution in [0.5, 0.6) is 0 Å². The molecule has 88 valence electrons. The fraction of sp³-hybridized carbons (Fsp3) is 1.00. The summed E-state index contributed by atoms with van der Waals surface area (Å²) in [6.07, 6.45) is 11.0. The molecule has 0 spiro atoms. The van der Waals surface area contributed by atoms with Gasteiger partial charge in [-0.15, -0.1) is 0 Å². The van der Waals surface area contributed by atoms with Crippen LogP contribution in [0.4, 0.5) is 0 Å². The lowest BCUT2D eigenvalue weighted by molar-refractivity contribution is 0.141. The molecule has 2 N–H and O–H groups in total. The van der Waals surface area contributed by atoms with Gasteiger partial charge in [-0.25, -0.2) is 0 Å². The van der Waals surface area contributed by atoms with E-state index in [1.54, 1.807) is 0 Å². The zero-order valence-corrected chi connectivity index (χ0v) is 10.2. The maximum atomic E-state index is 6.54. The maximum absolute atomic E-state index is 6.54. The van der Waals surface area contributed by atoms with Gasteiger partial charge in [0.25, 0.3) is 0 Å². The molecular weight excluding hydrogens is 184 g/mol. The maximum Gasteiger partial charge on any atom is 0.0286 e. The predicted molar refractivity (Wildman–Crippen MR) is 64.8 cm³/mol. The highest BCUT2D eigenvalue weighted by Crippen LogP contribution is 2.33. The van der Waals surface area contributed by atoms with Crippen LogP contribution in [0, 0.1) is 5.92 Å². The number of hydrogen-bond acceptors (Lipinski definition) is 2. The molecule has 0 aromatic rings. The third-order valence-corrected chi connectivity index (χ3v) is 4.22. The van der Waals surface area contributed by atoms with Gasteiger partial charge in [-0.2, -0.15) is 0 Å². The molecule has 0 aromatic carbocycles. The van der Waals surface area contributed by atoms with Crippen LogP contribution in [0.25, 0.3) is 0 Å². The molecule has 1 aliphatic heterocycles. The summed E-state index contributed by atoms with van der Waals surface area (Å²) >= 11 is 0. The van der Waals surface area contributed by atoms with Crippen LogP contribution in [0.1, 0.15) is 51.4 Å². The van der Waals surface area contributed by atoms with E-state index in [1.807, 2.05) is 0 Å². The van der Waals surface area contributed by atoms with Crippen LogP contribution in [-0.2, 0) is 0 Å². The van der Waals surface area contributed by atoms with E-state index in [9.17, 15) is 0 Å². The van der Waals surface area contributed by atoms with E-state index in [0.29, 0.717) is 0 Å². The lowest BCUT2D eigenvalue weighted by atomic mass is 9.76. The van der Waals surface area contributed by atoms with E-state index in [1.165, 1.54) is 57.9 Å². The minimum absolute atomic E-state index is 0.134. The molecule has 0 radical (unpaired) electrons. The Balaban J connectivity index is 1.85. The summed E-state index contributed by atoms with van der Waals surface area (Å²) in [5, 5.41) is 0. The summed E-state index contributed by atoms with van der Waals surface area (Å²) in [5.41, 5.74) is 6.67. The Kier molecular flexibility index (Phi) is 3.68. The highest BCUT2D eigenvalue weighted by atomic mass is 15.1. The van der Waals surface area contributed by atoms with Gasteiger partial charge >= 0.3 is 0 Å². The molecule has 2 heteroatoms. The Morgan fingerprint density at radius 2 is 1.93 bits per heavy atom. The Labute approximate surface area is 94.2 Å². The fourth-order valence-electron chi connectivity index (χ4n) is 3.53. The van der Waals surface area contributed by atoms with Gasteiger partial charge in [0.2, 0.25) is 0 Å². The summed E-state index contributed by atoms with van der Waals surface area (Å²) in [6, 6.07) is 0. The molecule has 15 heavy (non-hydrogen) atoms. The topological polar surface area (TPSA) is 29.3 Å². The summed E-state index contributed by atoms with van der Waals surface area (Å²) in [4.78, 5) is 2.41.